The molecular formula is C22H18O. The van der Waals surface area contributed by atoms with Crippen LogP contribution in [0.2, 0.25) is 0 Å². The van der Waals surface area contributed by atoms with Crippen LogP contribution in [0, 0.1) is 23.7 Å². The van der Waals surface area contributed by atoms with Gasteiger partial charge in [0.05, 0.1) is 0 Å². The van der Waals surface area contributed by atoms with Crippen molar-refractivity contribution in [1.82, 2.24) is 0 Å². The minimum absolute atomic E-state index is 0.183. The van der Waals surface area contributed by atoms with Crippen molar-refractivity contribution in [3.8, 4) is 0 Å². The summed E-state index contributed by atoms with van der Waals surface area (Å²) in [6.07, 6.45) is 5.12. The van der Waals surface area contributed by atoms with Gasteiger partial charge in [-0.05, 0) is 52.5 Å². The van der Waals surface area contributed by atoms with Crippen molar-refractivity contribution in [3.05, 3.63) is 83.9 Å². The summed E-state index contributed by atoms with van der Waals surface area (Å²) in [4.78, 5) is 12.4. The second-order valence-corrected chi connectivity index (χ2v) is 6.87. The van der Waals surface area contributed by atoms with Crippen LogP contribution in [0.3, 0.4) is 0 Å². The van der Waals surface area contributed by atoms with E-state index in [-0.39, 0.29) is 5.92 Å². The molecule has 3 aliphatic carbocycles. The average Bonchev–Trinajstić information content (AvgIpc) is 3.28. The molecule has 0 aromatic heterocycles. The Labute approximate surface area is 136 Å². The molecule has 1 saturated carbocycles. The van der Waals surface area contributed by atoms with Gasteiger partial charge in [0, 0.05) is 5.92 Å². The van der Waals surface area contributed by atoms with E-state index in [1.54, 1.807) is 0 Å². The molecule has 1 fully saturated rings. The van der Waals surface area contributed by atoms with E-state index in [4.69, 9.17) is 0 Å². The number of rotatable bonds is 2. The summed E-state index contributed by atoms with van der Waals surface area (Å²) in [5, 5.41) is 0. The minimum Gasteiger partial charge on any atom is -0.295 e. The molecule has 0 saturated heterocycles. The zero-order chi connectivity index (χ0) is 15.4. The molecule has 3 aliphatic rings. The van der Waals surface area contributed by atoms with Gasteiger partial charge in [-0.2, -0.15) is 0 Å². The fourth-order valence-electron chi connectivity index (χ4n) is 5.04. The van der Waals surface area contributed by atoms with Gasteiger partial charge in [-0.25, -0.2) is 0 Å². The van der Waals surface area contributed by atoms with Gasteiger partial charge in [-0.3, -0.25) is 4.79 Å². The van der Waals surface area contributed by atoms with Gasteiger partial charge in [0.25, 0.3) is 0 Å². The van der Waals surface area contributed by atoms with Crippen molar-refractivity contribution in [2.75, 3.05) is 0 Å². The highest BCUT2D eigenvalue weighted by molar-refractivity contribution is 6.04. The number of ketones is 1. The predicted molar refractivity (Wildman–Crippen MR) is 92.4 cm³/mol. The predicted octanol–water partition coefficient (Wildman–Crippen LogP) is 4.62. The van der Waals surface area contributed by atoms with E-state index >= 15 is 0 Å². The van der Waals surface area contributed by atoms with Gasteiger partial charge in [0.2, 0.25) is 0 Å². The van der Waals surface area contributed by atoms with Gasteiger partial charge in [0.1, 0.15) is 0 Å². The Bertz CT molecular complexity index is 787. The van der Waals surface area contributed by atoms with Crippen LogP contribution in [0.25, 0.3) is 11.1 Å². The smallest absolute Gasteiger partial charge is 0.159 e. The molecule has 0 heterocycles. The maximum atomic E-state index is 12.4. The number of hydrogen-bond acceptors (Lipinski definition) is 1. The molecule has 0 N–H and O–H groups in total. The summed E-state index contributed by atoms with van der Waals surface area (Å²) in [5.74, 6) is 1.80. The molecule has 4 atom stereocenters. The summed E-state index contributed by atoms with van der Waals surface area (Å²) >= 11 is 0. The van der Waals surface area contributed by atoms with E-state index in [9.17, 15) is 4.79 Å². The first-order valence-corrected chi connectivity index (χ1v) is 8.41. The fourth-order valence-corrected chi connectivity index (χ4v) is 5.04. The van der Waals surface area contributed by atoms with E-state index in [2.05, 4.69) is 66.7 Å². The van der Waals surface area contributed by atoms with Gasteiger partial charge in [-0.15, -0.1) is 0 Å². The highest BCUT2D eigenvalue weighted by atomic mass is 16.1. The standard InChI is InChI=1S/C22H18O/c23-19-12-11-16-17-13-18(22(16)19)21(15-9-5-2-6-10-15)20(17)14-7-3-1-4-8-14/h1-12,16-18,22H,13H2/t16-,17-,18-,22-/m1/s1. The topological polar surface area (TPSA) is 17.1 Å². The summed E-state index contributed by atoms with van der Waals surface area (Å²) in [6.45, 7) is 0. The molecule has 112 valence electrons. The first-order valence-electron chi connectivity index (χ1n) is 8.41. The second-order valence-electron chi connectivity index (χ2n) is 6.87. The van der Waals surface area contributed by atoms with E-state index < -0.39 is 0 Å². The van der Waals surface area contributed by atoms with Crippen LogP contribution >= 0.6 is 0 Å². The van der Waals surface area contributed by atoms with Crippen molar-refractivity contribution >= 4 is 16.9 Å². The van der Waals surface area contributed by atoms with Gasteiger partial charge < -0.3 is 0 Å². The molecule has 1 heteroatoms. The molecule has 5 rings (SSSR count). The van der Waals surface area contributed by atoms with Crippen molar-refractivity contribution in [2.45, 2.75) is 6.42 Å². The molecule has 0 unspecified atom stereocenters. The van der Waals surface area contributed by atoms with Crippen LogP contribution in [0.15, 0.2) is 72.8 Å². The lowest BCUT2D eigenvalue weighted by atomic mass is 9.73. The van der Waals surface area contributed by atoms with Crippen LogP contribution in [0.1, 0.15) is 17.5 Å². The summed E-state index contributed by atoms with van der Waals surface area (Å²) in [6, 6.07) is 21.4. The largest absolute Gasteiger partial charge is 0.295 e. The number of hydrogen-bond donors (Lipinski definition) is 0. The van der Waals surface area contributed by atoms with E-state index in [1.807, 2.05) is 6.08 Å². The number of carbonyl (C=O) groups is 1. The highest BCUT2D eigenvalue weighted by Crippen LogP contribution is 2.63. The van der Waals surface area contributed by atoms with Crippen LogP contribution in [-0.4, -0.2) is 5.78 Å². The van der Waals surface area contributed by atoms with Gasteiger partial charge >= 0.3 is 0 Å². The van der Waals surface area contributed by atoms with E-state index in [1.165, 1.54) is 22.3 Å². The van der Waals surface area contributed by atoms with Crippen LogP contribution < -0.4 is 0 Å². The first kappa shape index (κ1) is 13.1. The molecule has 2 aromatic rings. The van der Waals surface area contributed by atoms with Gasteiger partial charge in [-0.1, -0.05) is 66.7 Å². The number of allylic oxidation sites excluding steroid dienone is 4. The van der Waals surface area contributed by atoms with Gasteiger partial charge in [0.15, 0.2) is 5.78 Å². The van der Waals surface area contributed by atoms with Crippen molar-refractivity contribution in [1.29, 1.82) is 0 Å². The Balaban J connectivity index is 1.74. The molecule has 23 heavy (non-hydrogen) atoms. The number of carbonyl (C=O) groups excluding carboxylic acids is 1. The second kappa shape index (κ2) is 4.79. The molecule has 0 radical (unpaired) electrons. The summed E-state index contributed by atoms with van der Waals surface area (Å²) in [7, 11) is 0. The molecule has 0 amide bonds. The Hall–Kier alpha value is -2.41. The summed E-state index contributed by atoms with van der Waals surface area (Å²) in [5.41, 5.74) is 5.50. The molecule has 2 bridgehead atoms. The van der Waals surface area contributed by atoms with Crippen molar-refractivity contribution in [2.24, 2.45) is 23.7 Å². The number of fused-ring (bicyclic) bond motifs is 5. The Kier molecular flexibility index (Phi) is 2.72. The van der Waals surface area contributed by atoms with Crippen LogP contribution in [-0.2, 0) is 4.79 Å². The maximum Gasteiger partial charge on any atom is 0.159 e. The third-order valence-electron chi connectivity index (χ3n) is 5.83. The van der Waals surface area contributed by atoms with E-state index in [0.717, 1.165) is 6.42 Å². The molecule has 0 aliphatic heterocycles. The SMILES string of the molecule is O=C1C=C[C@H]2[C@@H]1[C@@H]1C[C@H]2C(c2ccccc2)=C1c1ccccc1. The normalized spacial score (nSPS) is 31.0. The lowest BCUT2D eigenvalue weighted by Gasteiger charge is -2.29. The zero-order valence-electron chi connectivity index (χ0n) is 12.9. The highest BCUT2D eigenvalue weighted by Gasteiger charge is 2.55. The monoisotopic (exact) mass is 298 g/mol. The van der Waals surface area contributed by atoms with Crippen LogP contribution in [0.5, 0.6) is 0 Å². The molecule has 1 nitrogen and oxygen atoms in total. The van der Waals surface area contributed by atoms with Crippen LogP contribution in [0.4, 0.5) is 0 Å². The third kappa shape index (κ3) is 1.77. The fraction of sp³-hybridized carbons (Fsp3) is 0.227. The Morgan fingerprint density at radius 1 is 0.739 bits per heavy atom. The molecule has 2 aromatic carbocycles. The quantitative estimate of drug-likeness (QED) is 0.790. The summed E-state index contributed by atoms with van der Waals surface area (Å²) < 4.78 is 0. The first-order chi connectivity index (χ1) is 11.3. The zero-order valence-corrected chi connectivity index (χ0v) is 12.9. The lowest BCUT2D eigenvalue weighted by Crippen LogP contribution is -2.24. The number of benzene rings is 2. The molecular weight excluding hydrogens is 280 g/mol. The Morgan fingerprint density at radius 3 is 1.91 bits per heavy atom. The average molecular weight is 298 g/mol. The minimum atomic E-state index is 0.183. The molecule has 0 spiro atoms. The third-order valence-corrected chi connectivity index (χ3v) is 5.83. The van der Waals surface area contributed by atoms with Crippen molar-refractivity contribution in [3.63, 3.8) is 0 Å². The Morgan fingerprint density at radius 2 is 1.30 bits per heavy atom. The van der Waals surface area contributed by atoms with E-state index in [0.29, 0.717) is 23.5 Å². The maximum absolute atomic E-state index is 12.4. The lowest BCUT2D eigenvalue weighted by molar-refractivity contribution is -0.118. The van der Waals surface area contributed by atoms with Crippen molar-refractivity contribution < 1.29 is 4.79 Å².